The maximum absolute atomic E-state index is 9.88. The molecule has 96 valence electrons. The zero-order valence-corrected chi connectivity index (χ0v) is 11.5. The zero-order valence-electron chi connectivity index (χ0n) is 10.7. The van der Waals surface area contributed by atoms with E-state index >= 15 is 0 Å². The number of phenolic OH excluding ortho intramolecular Hbond substituents is 1. The van der Waals surface area contributed by atoms with Gasteiger partial charge >= 0.3 is 0 Å². The lowest BCUT2D eigenvalue weighted by Crippen LogP contribution is -2.12. The highest BCUT2D eigenvalue weighted by molar-refractivity contribution is 7.11. The Kier molecular flexibility index (Phi) is 4.33. The summed E-state index contributed by atoms with van der Waals surface area (Å²) in [6.45, 7) is 5.45. The van der Waals surface area contributed by atoms with Crippen LogP contribution in [-0.4, -0.2) is 10.1 Å². The molecule has 18 heavy (non-hydrogen) atoms. The number of aryl methyl sites for hydroxylation is 2. The lowest BCUT2D eigenvalue weighted by molar-refractivity contribution is 0.460. The summed E-state index contributed by atoms with van der Waals surface area (Å²) < 4.78 is 0. The smallest absolute Gasteiger partial charge is 0.122 e. The van der Waals surface area contributed by atoms with Crippen LogP contribution in [0, 0.1) is 6.92 Å². The highest BCUT2D eigenvalue weighted by Crippen LogP contribution is 2.21. The van der Waals surface area contributed by atoms with E-state index in [2.05, 4.69) is 17.2 Å². The van der Waals surface area contributed by atoms with Crippen LogP contribution in [0.15, 0.2) is 24.4 Å². The molecule has 2 aromatic rings. The number of aromatic hydroxyl groups is 1. The van der Waals surface area contributed by atoms with Gasteiger partial charge < -0.3 is 10.4 Å². The predicted octanol–water partition coefficient (Wildman–Crippen LogP) is 3.01. The summed E-state index contributed by atoms with van der Waals surface area (Å²) in [5.41, 5.74) is 1.85. The number of hydrogen-bond donors (Lipinski definition) is 2. The Morgan fingerprint density at radius 3 is 2.89 bits per heavy atom. The molecule has 0 radical (unpaired) electrons. The largest absolute Gasteiger partial charge is 0.507 e. The maximum atomic E-state index is 9.88. The van der Waals surface area contributed by atoms with Gasteiger partial charge in [-0.05, 0) is 18.9 Å². The molecular formula is C14H18N2OS. The topological polar surface area (TPSA) is 45.2 Å². The fourth-order valence-electron chi connectivity index (χ4n) is 1.76. The number of thiazole rings is 1. The van der Waals surface area contributed by atoms with Crippen molar-refractivity contribution < 1.29 is 5.11 Å². The first-order valence-corrected chi connectivity index (χ1v) is 6.94. The molecule has 0 aliphatic rings. The van der Waals surface area contributed by atoms with E-state index in [-0.39, 0.29) is 0 Å². The van der Waals surface area contributed by atoms with E-state index in [9.17, 15) is 5.11 Å². The molecule has 2 rings (SSSR count). The van der Waals surface area contributed by atoms with Crippen LogP contribution in [0.5, 0.6) is 5.75 Å². The van der Waals surface area contributed by atoms with E-state index in [1.807, 2.05) is 31.3 Å². The Morgan fingerprint density at radius 1 is 1.33 bits per heavy atom. The lowest BCUT2D eigenvalue weighted by atomic mass is 10.1. The number of nitrogens with zero attached hydrogens (tertiary/aromatic N) is 1. The van der Waals surface area contributed by atoms with E-state index in [0.717, 1.165) is 29.1 Å². The average molecular weight is 262 g/mol. The van der Waals surface area contributed by atoms with Crippen molar-refractivity contribution in [3.05, 3.63) is 45.4 Å². The van der Waals surface area contributed by atoms with Gasteiger partial charge in [-0.2, -0.15) is 0 Å². The Bertz CT molecular complexity index is 522. The fourth-order valence-corrected chi connectivity index (χ4v) is 2.59. The van der Waals surface area contributed by atoms with E-state index in [1.165, 1.54) is 4.88 Å². The number of aromatic nitrogens is 1. The van der Waals surface area contributed by atoms with Gasteiger partial charge in [-0.25, -0.2) is 4.98 Å². The van der Waals surface area contributed by atoms with E-state index in [1.54, 1.807) is 11.3 Å². The second kappa shape index (κ2) is 5.98. The molecule has 0 aliphatic heterocycles. The molecule has 0 fully saturated rings. The van der Waals surface area contributed by atoms with Crippen LogP contribution in [0.3, 0.4) is 0 Å². The maximum Gasteiger partial charge on any atom is 0.122 e. The molecule has 2 N–H and O–H groups in total. The molecular weight excluding hydrogens is 244 g/mol. The predicted molar refractivity (Wildman–Crippen MR) is 74.9 cm³/mol. The number of rotatable bonds is 5. The number of para-hydroxylation sites is 1. The molecule has 1 aromatic carbocycles. The molecule has 0 unspecified atom stereocenters. The summed E-state index contributed by atoms with van der Waals surface area (Å²) in [7, 11) is 0. The monoisotopic (exact) mass is 262 g/mol. The second-order valence-electron chi connectivity index (χ2n) is 4.26. The molecule has 3 nitrogen and oxygen atoms in total. The van der Waals surface area contributed by atoms with Crippen molar-refractivity contribution in [1.82, 2.24) is 10.3 Å². The minimum absolute atomic E-state index is 0.387. The minimum atomic E-state index is 0.387. The summed E-state index contributed by atoms with van der Waals surface area (Å²) >= 11 is 1.74. The summed E-state index contributed by atoms with van der Waals surface area (Å²) in [6.07, 6.45) is 2.97. The van der Waals surface area contributed by atoms with Gasteiger partial charge in [0.15, 0.2) is 0 Å². The number of phenols is 1. The van der Waals surface area contributed by atoms with Gasteiger partial charge in [-0.15, -0.1) is 11.3 Å². The van der Waals surface area contributed by atoms with Crippen LogP contribution in [-0.2, 0) is 19.5 Å². The number of nitrogens with one attached hydrogen (secondary N) is 1. The third kappa shape index (κ3) is 3.09. The Labute approximate surface area is 112 Å². The molecule has 0 saturated heterocycles. The molecule has 0 atom stereocenters. The molecule has 1 heterocycles. The van der Waals surface area contributed by atoms with Gasteiger partial charge in [0.25, 0.3) is 0 Å². The van der Waals surface area contributed by atoms with Crippen molar-refractivity contribution in [1.29, 1.82) is 0 Å². The Morgan fingerprint density at radius 2 is 2.17 bits per heavy atom. The quantitative estimate of drug-likeness (QED) is 0.870. The molecule has 0 saturated carbocycles. The minimum Gasteiger partial charge on any atom is -0.507 e. The molecule has 1 aromatic heterocycles. The molecule has 0 spiro atoms. The highest BCUT2D eigenvalue weighted by Gasteiger charge is 2.04. The fraction of sp³-hybridized carbons (Fsp3) is 0.357. The third-order valence-corrected chi connectivity index (χ3v) is 4.00. The lowest BCUT2D eigenvalue weighted by Gasteiger charge is -2.07. The molecule has 0 aliphatic carbocycles. The zero-order chi connectivity index (χ0) is 13.0. The molecule has 4 heteroatoms. The van der Waals surface area contributed by atoms with Gasteiger partial charge in [0.1, 0.15) is 10.8 Å². The third-order valence-electron chi connectivity index (χ3n) is 2.86. The van der Waals surface area contributed by atoms with Gasteiger partial charge in [0, 0.05) is 29.7 Å². The Hall–Kier alpha value is -1.39. The van der Waals surface area contributed by atoms with E-state index in [4.69, 9.17) is 0 Å². The average Bonchev–Trinajstić information content (AvgIpc) is 2.82. The van der Waals surface area contributed by atoms with Crippen LogP contribution >= 0.6 is 11.3 Å². The van der Waals surface area contributed by atoms with Gasteiger partial charge in [-0.1, -0.05) is 25.1 Å². The summed E-state index contributed by atoms with van der Waals surface area (Å²) in [6, 6.07) is 5.81. The van der Waals surface area contributed by atoms with Crippen molar-refractivity contribution in [2.75, 3.05) is 0 Å². The first-order chi connectivity index (χ1) is 8.70. The SMILES string of the molecule is CCc1cnc(CNCc2cccc(C)c2O)s1. The summed E-state index contributed by atoms with van der Waals surface area (Å²) in [5, 5.41) is 14.3. The van der Waals surface area contributed by atoms with Crippen molar-refractivity contribution >= 4 is 11.3 Å². The van der Waals surface area contributed by atoms with Crippen LogP contribution in [0.4, 0.5) is 0 Å². The van der Waals surface area contributed by atoms with Crippen LogP contribution < -0.4 is 5.32 Å². The molecule has 0 amide bonds. The van der Waals surface area contributed by atoms with E-state index in [0.29, 0.717) is 12.3 Å². The first-order valence-electron chi connectivity index (χ1n) is 6.12. The highest BCUT2D eigenvalue weighted by atomic mass is 32.1. The van der Waals surface area contributed by atoms with Crippen LogP contribution in [0.2, 0.25) is 0 Å². The van der Waals surface area contributed by atoms with Crippen molar-refractivity contribution in [3.63, 3.8) is 0 Å². The number of hydrogen-bond acceptors (Lipinski definition) is 4. The van der Waals surface area contributed by atoms with Gasteiger partial charge in [-0.3, -0.25) is 0 Å². The van der Waals surface area contributed by atoms with Gasteiger partial charge in [0.05, 0.1) is 0 Å². The van der Waals surface area contributed by atoms with Crippen LogP contribution in [0.1, 0.15) is 27.9 Å². The van der Waals surface area contributed by atoms with Crippen molar-refractivity contribution in [2.24, 2.45) is 0 Å². The van der Waals surface area contributed by atoms with Crippen LogP contribution in [0.25, 0.3) is 0 Å². The molecule has 0 bridgehead atoms. The standard InChI is InChI=1S/C14H18N2OS/c1-3-12-8-16-13(18-12)9-15-7-11-6-4-5-10(2)14(11)17/h4-6,8,15,17H,3,7,9H2,1-2H3. The first kappa shape index (κ1) is 13.1. The van der Waals surface area contributed by atoms with Crippen molar-refractivity contribution in [3.8, 4) is 5.75 Å². The Balaban J connectivity index is 1.90. The normalized spacial score (nSPS) is 10.8. The second-order valence-corrected chi connectivity index (χ2v) is 5.46. The summed E-state index contributed by atoms with van der Waals surface area (Å²) in [4.78, 5) is 5.66. The van der Waals surface area contributed by atoms with Gasteiger partial charge in [0.2, 0.25) is 0 Å². The summed E-state index contributed by atoms with van der Waals surface area (Å²) in [5.74, 6) is 0.387. The number of benzene rings is 1. The van der Waals surface area contributed by atoms with E-state index < -0.39 is 0 Å². The van der Waals surface area contributed by atoms with Crippen molar-refractivity contribution in [2.45, 2.75) is 33.4 Å².